The van der Waals surface area contributed by atoms with E-state index in [0.717, 1.165) is 9.88 Å². The second-order valence-electron chi connectivity index (χ2n) is 7.41. The predicted octanol–water partition coefficient (Wildman–Crippen LogP) is 5.83. The molecule has 2 aromatic heterocycles. The Morgan fingerprint density at radius 2 is 1.82 bits per heavy atom. The maximum absolute atomic E-state index is 14.7. The van der Waals surface area contributed by atoms with Gasteiger partial charge in [-0.2, -0.15) is 0 Å². The molecule has 1 atom stereocenters. The number of pyridine rings is 1. The lowest BCUT2D eigenvalue weighted by Crippen LogP contribution is -2.31. The van der Waals surface area contributed by atoms with Gasteiger partial charge in [-0.15, -0.1) is 11.3 Å². The molecule has 0 fully saturated rings. The van der Waals surface area contributed by atoms with E-state index in [1.165, 1.54) is 30.6 Å². The molecular formula is C24H23FN4O4S. The number of aromatic nitrogens is 2. The molecule has 0 saturated carbocycles. The number of rotatable bonds is 7. The summed E-state index contributed by atoms with van der Waals surface area (Å²) in [6.07, 6.45) is 3.33. The minimum atomic E-state index is -0.636. The van der Waals surface area contributed by atoms with Crippen molar-refractivity contribution < 1.29 is 23.4 Å². The molecule has 2 aromatic carbocycles. The molecule has 0 aliphatic rings. The fourth-order valence-corrected chi connectivity index (χ4v) is 4.09. The van der Waals surface area contributed by atoms with Crippen molar-refractivity contribution in [1.82, 2.24) is 15.3 Å². The summed E-state index contributed by atoms with van der Waals surface area (Å²) in [6, 6.07) is 8.53. The highest BCUT2D eigenvalue weighted by molar-refractivity contribution is 7.11. The fraction of sp³-hybridized carbons (Fsp3) is 0.208. The van der Waals surface area contributed by atoms with Crippen LogP contribution in [-0.2, 0) is 0 Å². The number of amides is 2. The molecule has 10 heteroatoms. The van der Waals surface area contributed by atoms with Crippen LogP contribution in [0.4, 0.5) is 14.9 Å². The number of ether oxygens (including phenoxy) is 3. The fourth-order valence-electron chi connectivity index (χ4n) is 3.31. The number of methoxy groups -OCH3 is 2. The number of nitrogens with one attached hydrogen (secondary N) is 2. The number of urea groups is 1. The zero-order valence-corrected chi connectivity index (χ0v) is 19.8. The minimum absolute atomic E-state index is 0.0263. The van der Waals surface area contributed by atoms with E-state index in [1.807, 2.05) is 13.8 Å². The third kappa shape index (κ3) is 5.01. The van der Waals surface area contributed by atoms with Gasteiger partial charge in [-0.25, -0.2) is 14.2 Å². The van der Waals surface area contributed by atoms with Crippen LogP contribution in [0.1, 0.15) is 22.9 Å². The molecule has 176 valence electrons. The van der Waals surface area contributed by atoms with Crippen LogP contribution in [0.3, 0.4) is 0 Å². The van der Waals surface area contributed by atoms with Crippen molar-refractivity contribution in [2.45, 2.75) is 19.9 Å². The summed E-state index contributed by atoms with van der Waals surface area (Å²) in [5.74, 6) is 1.15. The van der Waals surface area contributed by atoms with Gasteiger partial charge in [0.1, 0.15) is 22.3 Å². The van der Waals surface area contributed by atoms with E-state index in [1.54, 1.807) is 43.8 Å². The van der Waals surface area contributed by atoms with Gasteiger partial charge in [0, 0.05) is 34.8 Å². The molecule has 0 aliphatic carbocycles. The number of halogens is 1. The second-order valence-corrected chi connectivity index (χ2v) is 8.67. The summed E-state index contributed by atoms with van der Waals surface area (Å²) in [5, 5.41) is 6.72. The summed E-state index contributed by atoms with van der Waals surface area (Å²) in [4.78, 5) is 21.9. The third-order valence-corrected chi connectivity index (χ3v) is 6.08. The van der Waals surface area contributed by atoms with Gasteiger partial charge >= 0.3 is 6.03 Å². The Labute approximate surface area is 199 Å². The maximum Gasteiger partial charge on any atom is 0.319 e. The van der Waals surface area contributed by atoms with E-state index in [4.69, 9.17) is 14.2 Å². The summed E-state index contributed by atoms with van der Waals surface area (Å²) < 4.78 is 31.3. The Morgan fingerprint density at radius 3 is 2.50 bits per heavy atom. The highest BCUT2D eigenvalue weighted by Gasteiger charge is 2.15. The average Bonchev–Trinajstić information content (AvgIpc) is 3.26. The molecule has 0 bridgehead atoms. The summed E-state index contributed by atoms with van der Waals surface area (Å²) in [7, 11) is 3.08. The number of hydrogen-bond donors (Lipinski definition) is 2. The van der Waals surface area contributed by atoms with Gasteiger partial charge in [-0.05, 0) is 38.1 Å². The van der Waals surface area contributed by atoms with Gasteiger partial charge in [0.15, 0.2) is 11.5 Å². The van der Waals surface area contributed by atoms with Gasteiger partial charge in [-0.1, -0.05) is 0 Å². The van der Waals surface area contributed by atoms with E-state index >= 15 is 0 Å². The number of anilines is 1. The molecular weight excluding hydrogens is 459 g/mol. The number of nitrogens with zero attached hydrogens (tertiary/aromatic N) is 2. The number of aryl methyl sites for hydroxylation is 1. The summed E-state index contributed by atoms with van der Waals surface area (Å²) in [5.41, 5.74) is 0.661. The average molecular weight is 483 g/mol. The van der Waals surface area contributed by atoms with Crippen molar-refractivity contribution in [3.8, 4) is 23.0 Å². The Morgan fingerprint density at radius 1 is 1.06 bits per heavy atom. The Kier molecular flexibility index (Phi) is 6.78. The number of fused-ring (bicyclic) bond motifs is 1. The zero-order chi connectivity index (χ0) is 24.2. The number of carbonyl (C=O) groups excluding carboxylic acids is 1. The smallest absolute Gasteiger partial charge is 0.319 e. The number of carbonyl (C=O) groups is 1. The van der Waals surface area contributed by atoms with Crippen LogP contribution >= 0.6 is 11.3 Å². The zero-order valence-electron chi connectivity index (χ0n) is 19.0. The van der Waals surface area contributed by atoms with Crippen molar-refractivity contribution in [1.29, 1.82) is 0 Å². The molecule has 2 N–H and O–H groups in total. The minimum Gasteiger partial charge on any atom is -0.493 e. The highest BCUT2D eigenvalue weighted by atomic mass is 32.1. The predicted molar refractivity (Wildman–Crippen MR) is 129 cm³/mol. The van der Waals surface area contributed by atoms with Crippen molar-refractivity contribution in [2.24, 2.45) is 0 Å². The van der Waals surface area contributed by atoms with E-state index < -0.39 is 11.8 Å². The van der Waals surface area contributed by atoms with Crippen LogP contribution in [0, 0.1) is 12.7 Å². The van der Waals surface area contributed by atoms with Crippen molar-refractivity contribution in [3.05, 3.63) is 64.5 Å². The summed E-state index contributed by atoms with van der Waals surface area (Å²) in [6.45, 7) is 3.75. The third-order valence-electron chi connectivity index (χ3n) is 4.98. The molecule has 2 amide bonds. The lowest BCUT2D eigenvalue weighted by atomic mass is 10.2. The molecule has 0 saturated heterocycles. The lowest BCUT2D eigenvalue weighted by molar-refractivity contribution is 0.249. The first-order valence-electron chi connectivity index (χ1n) is 10.4. The van der Waals surface area contributed by atoms with Crippen LogP contribution in [0.25, 0.3) is 10.9 Å². The molecule has 0 radical (unpaired) electrons. The first-order valence-corrected chi connectivity index (χ1v) is 11.2. The highest BCUT2D eigenvalue weighted by Crippen LogP contribution is 2.37. The van der Waals surface area contributed by atoms with Crippen LogP contribution in [0.2, 0.25) is 0 Å². The molecule has 2 heterocycles. The lowest BCUT2D eigenvalue weighted by Gasteiger charge is -2.14. The van der Waals surface area contributed by atoms with Crippen LogP contribution in [0.5, 0.6) is 23.0 Å². The van der Waals surface area contributed by atoms with Gasteiger partial charge in [0.05, 0.1) is 31.5 Å². The molecule has 0 spiro atoms. The van der Waals surface area contributed by atoms with Crippen molar-refractivity contribution in [2.75, 3.05) is 19.5 Å². The SMILES string of the molecule is COc1cc2nccc(Oc3ccc(NC(=O)NC(C)c4ncc(C)s4)c(F)c3)c2cc1OC. The quantitative estimate of drug-likeness (QED) is 0.344. The van der Waals surface area contributed by atoms with Crippen molar-refractivity contribution in [3.63, 3.8) is 0 Å². The monoisotopic (exact) mass is 482 g/mol. The van der Waals surface area contributed by atoms with Gasteiger partial charge in [0.2, 0.25) is 0 Å². The molecule has 0 aliphatic heterocycles. The van der Waals surface area contributed by atoms with E-state index in [-0.39, 0.29) is 17.5 Å². The number of thiazole rings is 1. The van der Waals surface area contributed by atoms with Crippen LogP contribution in [-0.4, -0.2) is 30.2 Å². The van der Waals surface area contributed by atoms with E-state index in [9.17, 15) is 9.18 Å². The number of benzene rings is 2. The molecule has 8 nitrogen and oxygen atoms in total. The Balaban J connectivity index is 1.49. The van der Waals surface area contributed by atoms with E-state index in [0.29, 0.717) is 28.2 Å². The van der Waals surface area contributed by atoms with Crippen molar-refractivity contribution >= 4 is 34.0 Å². The molecule has 1 unspecified atom stereocenters. The topological polar surface area (TPSA) is 94.6 Å². The van der Waals surface area contributed by atoms with Crippen LogP contribution < -0.4 is 24.8 Å². The first kappa shape index (κ1) is 23.2. The molecule has 34 heavy (non-hydrogen) atoms. The van der Waals surface area contributed by atoms with Crippen LogP contribution in [0.15, 0.2) is 48.8 Å². The van der Waals surface area contributed by atoms with Gasteiger partial charge in [0.25, 0.3) is 0 Å². The molecule has 4 aromatic rings. The van der Waals surface area contributed by atoms with Gasteiger partial charge < -0.3 is 24.8 Å². The maximum atomic E-state index is 14.7. The largest absolute Gasteiger partial charge is 0.493 e. The van der Waals surface area contributed by atoms with Gasteiger partial charge in [-0.3, -0.25) is 4.98 Å². The Hall–Kier alpha value is -3.92. The number of hydrogen-bond acceptors (Lipinski definition) is 7. The molecule has 4 rings (SSSR count). The van der Waals surface area contributed by atoms with E-state index in [2.05, 4.69) is 20.6 Å². The standard InChI is InChI=1S/C24H23FN4O4S/c1-13-12-27-23(34-13)14(2)28-24(30)29-18-6-5-15(9-17(18)25)33-20-7-8-26-19-11-22(32-4)21(31-3)10-16(19)20/h5-12,14H,1-4H3,(H2,28,29,30). The normalized spacial score (nSPS) is 11.7. The first-order chi connectivity index (χ1) is 16.4. The summed E-state index contributed by atoms with van der Waals surface area (Å²) >= 11 is 1.49. The Bertz CT molecular complexity index is 1340. The second kappa shape index (κ2) is 9.92.